The van der Waals surface area contributed by atoms with Gasteiger partial charge in [0, 0.05) is 6.54 Å². The Morgan fingerprint density at radius 1 is 1.08 bits per heavy atom. The summed E-state index contributed by atoms with van der Waals surface area (Å²) >= 11 is 0. The second-order valence-electron chi connectivity index (χ2n) is 11.5. The molecule has 2 fully saturated rings. The fourth-order valence-electron chi connectivity index (χ4n) is 4.78. The van der Waals surface area contributed by atoms with Crippen LogP contribution in [0.4, 0.5) is 0 Å². The average molecular weight is 522 g/mol. The monoisotopic (exact) mass is 521 g/mol. The van der Waals surface area contributed by atoms with Gasteiger partial charge in [-0.1, -0.05) is 110 Å². The lowest BCUT2D eigenvalue weighted by Gasteiger charge is -2.30. The van der Waals surface area contributed by atoms with Gasteiger partial charge < -0.3 is 4.90 Å². The molecule has 5 heteroatoms. The number of hydrogen-bond donors (Lipinski definition) is 1. The van der Waals surface area contributed by atoms with E-state index < -0.39 is 5.54 Å². The van der Waals surface area contributed by atoms with Gasteiger partial charge in [0.05, 0.1) is 5.69 Å². The molecule has 0 bridgehead atoms. The lowest BCUT2D eigenvalue weighted by Crippen LogP contribution is -2.46. The first kappa shape index (κ1) is 31.5. The summed E-state index contributed by atoms with van der Waals surface area (Å²) in [5.74, 6) is 1.44. The van der Waals surface area contributed by atoms with Crippen LogP contribution in [-0.4, -0.2) is 32.3 Å². The van der Waals surface area contributed by atoms with Crippen LogP contribution in [0.5, 0.6) is 0 Å². The highest BCUT2D eigenvalue weighted by molar-refractivity contribution is 5.99. The van der Waals surface area contributed by atoms with Gasteiger partial charge in [-0.25, -0.2) is 0 Å². The van der Waals surface area contributed by atoms with E-state index in [0.717, 1.165) is 17.9 Å². The average Bonchev–Trinajstić information content (AvgIpc) is 3.58. The molecule has 0 atom stereocenters. The van der Waals surface area contributed by atoms with Crippen molar-refractivity contribution in [2.24, 2.45) is 11.8 Å². The number of rotatable bonds is 9. The Kier molecular flexibility index (Phi) is 13.0. The number of carbonyl (C=O) groups is 2. The predicted octanol–water partition coefficient (Wildman–Crippen LogP) is 8.41. The van der Waals surface area contributed by atoms with Crippen LogP contribution in [0.1, 0.15) is 127 Å². The number of H-pyrrole nitrogens is 1. The highest BCUT2D eigenvalue weighted by Gasteiger charge is 2.54. The Morgan fingerprint density at radius 2 is 1.66 bits per heavy atom. The molecule has 0 aliphatic heterocycles. The molecule has 1 aromatic heterocycles. The highest BCUT2D eigenvalue weighted by Crippen LogP contribution is 2.44. The number of nitrogens with zero attached hydrogens (tertiary/aromatic N) is 2. The Labute approximate surface area is 231 Å². The highest BCUT2D eigenvalue weighted by atomic mass is 16.2. The third-order valence-corrected chi connectivity index (χ3v) is 7.58. The van der Waals surface area contributed by atoms with Gasteiger partial charge in [0.15, 0.2) is 11.5 Å². The van der Waals surface area contributed by atoms with E-state index in [0.29, 0.717) is 36.7 Å². The fourth-order valence-corrected chi connectivity index (χ4v) is 4.78. The van der Waals surface area contributed by atoms with E-state index in [1.54, 1.807) is 24.0 Å². The largest absolute Gasteiger partial charge is 0.320 e. The molecule has 1 heterocycles. The molecular formula is C33H51N3O2. The van der Waals surface area contributed by atoms with Crippen molar-refractivity contribution >= 4 is 17.8 Å². The van der Waals surface area contributed by atoms with Crippen LogP contribution in [0.3, 0.4) is 0 Å². The quantitative estimate of drug-likeness (QED) is 0.360. The number of unbranched alkanes of at least 4 members (excludes halogenated alkanes) is 1. The maximum Gasteiger partial charge on any atom is 0.275 e. The van der Waals surface area contributed by atoms with Crippen LogP contribution >= 0.6 is 0 Å². The molecule has 5 nitrogen and oxygen atoms in total. The number of amides is 1. The van der Waals surface area contributed by atoms with Gasteiger partial charge in [-0.2, -0.15) is 5.10 Å². The summed E-state index contributed by atoms with van der Waals surface area (Å²) < 4.78 is 0. The summed E-state index contributed by atoms with van der Waals surface area (Å²) in [5, 5.41) is 6.88. The van der Waals surface area contributed by atoms with Crippen molar-refractivity contribution < 1.29 is 9.59 Å². The van der Waals surface area contributed by atoms with Crippen molar-refractivity contribution in [3.63, 3.8) is 0 Å². The maximum absolute atomic E-state index is 13.1. The molecule has 2 aliphatic carbocycles. The van der Waals surface area contributed by atoms with Crippen molar-refractivity contribution in [1.29, 1.82) is 0 Å². The molecule has 0 radical (unpaired) electrons. The van der Waals surface area contributed by atoms with Gasteiger partial charge in [0.25, 0.3) is 5.91 Å². The van der Waals surface area contributed by atoms with Gasteiger partial charge in [-0.05, 0) is 61.3 Å². The number of nitrogens with one attached hydrogen (secondary N) is 1. The molecule has 2 aliphatic rings. The Balaban J connectivity index is 0.000000384. The second kappa shape index (κ2) is 15.7. The number of ketones is 1. The Hall–Kier alpha value is -2.69. The lowest BCUT2D eigenvalue weighted by molar-refractivity contribution is -0.123. The molecule has 2 saturated carbocycles. The second-order valence-corrected chi connectivity index (χ2v) is 11.5. The predicted molar refractivity (Wildman–Crippen MR) is 159 cm³/mol. The minimum absolute atomic E-state index is 0.0340. The van der Waals surface area contributed by atoms with E-state index in [2.05, 4.69) is 63.5 Å². The van der Waals surface area contributed by atoms with Gasteiger partial charge in [0.1, 0.15) is 5.54 Å². The summed E-state index contributed by atoms with van der Waals surface area (Å²) in [5.41, 5.74) is 2.60. The lowest BCUT2D eigenvalue weighted by atomic mass is 9.91. The van der Waals surface area contributed by atoms with Crippen molar-refractivity contribution in [3.8, 4) is 0 Å². The van der Waals surface area contributed by atoms with Crippen molar-refractivity contribution in [1.82, 2.24) is 15.1 Å². The zero-order chi connectivity index (χ0) is 28.1. The van der Waals surface area contributed by atoms with Crippen LogP contribution in [0.15, 0.2) is 36.9 Å². The van der Waals surface area contributed by atoms with Crippen LogP contribution < -0.4 is 0 Å². The standard InChI is InChI=1S/C22H27N3O2.C7H14.C4H10/c1-5-19-13-20(24-23-19)21(27)25(22(10-11-22)16(4)26)14-18-8-6-17(7-9-18)12-15(2)3;1-7-5-3-2-4-6-7;1-3-4-2/h5-9,13,15H,1,10-12,14H2,2-4H3,(H,23,24);7H,2-6H2,1H3;3-4H2,1-2H3. The SMILES string of the molecule is C=Cc1cc(C(=O)N(Cc2ccc(CC(C)C)cc2)C2(C(C)=O)CC2)n[nH]1.CC1CCCCC1.CCCC. The molecule has 2 aromatic rings. The summed E-state index contributed by atoms with van der Waals surface area (Å²) in [6.45, 7) is 16.8. The number of Topliss-reactive ketones (excluding diaryl/α,β-unsaturated/α-hetero) is 1. The molecule has 38 heavy (non-hydrogen) atoms. The number of aromatic amines is 1. The van der Waals surface area contributed by atoms with Crippen molar-refractivity contribution in [2.75, 3.05) is 0 Å². The minimum Gasteiger partial charge on any atom is -0.320 e. The summed E-state index contributed by atoms with van der Waals surface area (Å²) in [6, 6.07) is 9.98. The van der Waals surface area contributed by atoms with E-state index in [-0.39, 0.29) is 11.7 Å². The first-order valence-corrected chi connectivity index (χ1v) is 14.7. The first-order valence-electron chi connectivity index (χ1n) is 14.7. The molecule has 1 amide bonds. The topological polar surface area (TPSA) is 66.1 Å². The number of benzene rings is 1. The van der Waals surface area contributed by atoms with Gasteiger partial charge >= 0.3 is 0 Å². The molecular weight excluding hydrogens is 470 g/mol. The molecule has 0 unspecified atom stereocenters. The zero-order valence-corrected chi connectivity index (χ0v) is 24.8. The van der Waals surface area contributed by atoms with Crippen molar-refractivity contribution in [2.45, 2.75) is 118 Å². The summed E-state index contributed by atoms with van der Waals surface area (Å²) in [4.78, 5) is 27.1. The number of aromatic nitrogens is 2. The number of hydrogen-bond acceptors (Lipinski definition) is 3. The van der Waals surface area contributed by atoms with Crippen molar-refractivity contribution in [3.05, 3.63) is 59.4 Å². The summed E-state index contributed by atoms with van der Waals surface area (Å²) in [7, 11) is 0. The zero-order valence-electron chi connectivity index (χ0n) is 24.8. The van der Waals surface area contributed by atoms with Crippen LogP contribution in [0, 0.1) is 11.8 Å². The first-order chi connectivity index (χ1) is 18.2. The number of carbonyl (C=O) groups excluding carboxylic acids is 2. The molecule has 0 spiro atoms. The molecule has 0 saturated heterocycles. The molecule has 4 rings (SSSR count). The van der Waals surface area contributed by atoms with Crippen LogP contribution in [-0.2, 0) is 17.8 Å². The van der Waals surface area contributed by atoms with E-state index >= 15 is 0 Å². The Bertz CT molecular complexity index is 994. The summed E-state index contributed by atoms with van der Waals surface area (Å²) in [6.07, 6.45) is 14.1. The van der Waals surface area contributed by atoms with E-state index in [1.165, 1.54) is 50.5 Å². The smallest absolute Gasteiger partial charge is 0.275 e. The molecule has 1 N–H and O–H groups in total. The molecule has 210 valence electrons. The maximum atomic E-state index is 13.1. The van der Waals surface area contributed by atoms with Crippen LogP contribution in [0.25, 0.3) is 6.08 Å². The van der Waals surface area contributed by atoms with Gasteiger partial charge in [-0.3, -0.25) is 14.7 Å². The third-order valence-electron chi connectivity index (χ3n) is 7.58. The van der Waals surface area contributed by atoms with E-state index in [4.69, 9.17) is 0 Å². The van der Waals surface area contributed by atoms with Gasteiger partial charge in [-0.15, -0.1) is 0 Å². The van der Waals surface area contributed by atoms with Crippen LogP contribution in [0.2, 0.25) is 0 Å². The van der Waals surface area contributed by atoms with E-state index in [9.17, 15) is 9.59 Å². The van der Waals surface area contributed by atoms with E-state index in [1.807, 2.05) is 12.1 Å². The Morgan fingerprint density at radius 3 is 2.05 bits per heavy atom. The minimum atomic E-state index is -0.693. The fraction of sp³-hybridized carbons (Fsp3) is 0.606. The normalized spacial score (nSPS) is 16.0. The molecule has 1 aromatic carbocycles. The third kappa shape index (κ3) is 9.56. The van der Waals surface area contributed by atoms with Gasteiger partial charge in [0.2, 0.25) is 0 Å².